The van der Waals surface area contributed by atoms with Gasteiger partial charge in [0.1, 0.15) is 18.1 Å². The summed E-state index contributed by atoms with van der Waals surface area (Å²) in [6.07, 6.45) is 0.922. The lowest BCUT2D eigenvalue weighted by Crippen LogP contribution is -2.22. The van der Waals surface area contributed by atoms with Gasteiger partial charge in [-0.3, -0.25) is 9.69 Å². The summed E-state index contributed by atoms with van der Waals surface area (Å²) in [5, 5.41) is 2.29. The van der Waals surface area contributed by atoms with E-state index in [0.29, 0.717) is 27.9 Å². The zero-order chi connectivity index (χ0) is 23.3. The lowest BCUT2D eigenvalue weighted by Gasteiger charge is -2.18. The Balaban J connectivity index is 1.74. The molecule has 0 saturated heterocycles. The number of methoxy groups -OCH3 is 2. The van der Waals surface area contributed by atoms with E-state index < -0.39 is 5.97 Å². The lowest BCUT2D eigenvalue weighted by molar-refractivity contribution is -0.115. The fourth-order valence-corrected chi connectivity index (χ4v) is 4.07. The van der Waals surface area contributed by atoms with Gasteiger partial charge >= 0.3 is 5.97 Å². The highest BCUT2D eigenvalue weighted by atomic mass is 32.1. The first-order valence-corrected chi connectivity index (χ1v) is 11.0. The van der Waals surface area contributed by atoms with Crippen molar-refractivity contribution in [1.82, 2.24) is 4.98 Å². The van der Waals surface area contributed by atoms with E-state index in [1.807, 2.05) is 31.2 Å². The number of benzene rings is 2. The average molecular weight is 455 g/mol. The Kier molecular flexibility index (Phi) is 7.48. The maximum Gasteiger partial charge on any atom is 0.338 e. The summed E-state index contributed by atoms with van der Waals surface area (Å²) in [7, 11) is 3.06. The molecule has 3 rings (SSSR count). The van der Waals surface area contributed by atoms with Gasteiger partial charge in [0, 0.05) is 17.9 Å². The molecule has 8 heteroatoms. The number of rotatable bonds is 8. The first-order chi connectivity index (χ1) is 15.4. The third kappa shape index (κ3) is 5.08. The fourth-order valence-electron chi connectivity index (χ4n) is 3.20. The normalized spacial score (nSPS) is 10.5. The van der Waals surface area contributed by atoms with Gasteiger partial charge in [0.25, 0.3) is 0 Å². The first kappa shape index (κ1) is 23.3. The number of esters is 1. The van der Waals surface area contributed by atoms with E-state index in [-0.39, 0.29) is 12.5 Å². The molecule has 32 heavy (non-hydrogen) atoms. The van der Waals surface area contributed by atoms with Gasteiger partial charge in [0.05, 0.1) is 31.2 Å². The van der Waals surface area contributed by atoms with Crippen molar-refractivity contribution in [2.75, 3.05) is 19.1 Å². The van der Waals surface area contributed by atoms with E-state index in [0.717, 1.165) is 17.7 Å². The van der Waals surface area contributed by atoms with E-state index in [2.05, 4.69) is 11.9 Å². The summed E-state index contributed by atoms with van der Waals surface area (Å²) in [4.78, 5) is 30.9. The molecule has 0 saturated carbocycles. The maximum absolute atomic E-state index is 12.6. The second kappa shape index (κ2) is 10.3. The van der Waals surface area contributed by atoms with Gasteiger partial charge in [-0.15, -0.1) is 11.3 Å². The summed E-state index contributed by atoms with van der Waals surface area (Å²) >= 11 is 1.32. The monoisotopic (exact) mass is 454 g/mol. The predicted molar refractivity (Wildman–Crippen MR) is 124 cm³/mol. The van der Waals surface area contributed by atoms with E-state index >= 15 is 0 Å². The SMILES string of the molecule is CCc1ccc(N(C(C)=O)c2nc(COC(=O)c3cc(OC)c(C)c(OC)c3)cs2)cc1. The molecule has 0 unspecified atom stereocenters. The molecule has 0 aliphatic heterocycles. The van der Waals surface area contributed by atoms with Crippen LogP contribution >= 0.6 is 11.3 Å². The van der Waals surface area contributed by atoms with Crippen molar-refractivity contribution in [3.05, 3.63) is 64.2 Å². The van der Waals surface area contributed by atoms with Crippen LogP contribution in [0.3, 0.4) is 0 Å². The van der Waals surface area contributed by atoms with Crippen molar-refractivity contribution in [2.45, 2.75) is 33.8 Å². The minimum atomic E-state index is -0.519. The molecule has 0 bridgehead atoms. The number of thiazole rings is 1. The number of anilines is 2. The highest BCUT2D eigenvalue weighted by molar-refractivity contribution is 7.14. The smallest absolute Gasteiger partial charge is 0.338 e. The molecule has 0 aliphatic carbocycles. The van der Waals surface area contributed by atoms with Gasteiger partial charge < -0.3 is 14.2 Å². The molecule has 3 aromatic rings. The van der Waals surface area contributed by atoms with Crippen LogP contribution in [-0.4, -0.2) is 31.1 Å². The second-order valence-electron chi connectivity index (χ2n) is 7.08. The Morgan fingerprint density at radius 1 is 1.06 bits per heavy atom. The van der Waals surface area contributed by atoms with E-state index in [1.54, 1.807) is 22.4 Å². The van der Waals surface area contributed by atoms with Crippen LogP contribution in [0.1, 0.15) is 41.0 Å². The number of aromatic nitrogens is 1. The van der Waals surface area contributed by atoms with Crippen molar-refractivity contribution in [2.24, 2.45) is 0 Å². The van der Waals surface area contributed by atoms with E-state index in [4.69, 9.17) is 14.2 Å². The van der Waals surface area contributed by atoms with Gasteiger partial charge in [0.15, 0.2) is 5.13 Å². The highest BCUT2D eigenvalue weighted by Gasteiger charge is 2.19. The van der Waals surface area contributed by atoms with Gasteiger partial charge in [-0.05, 0) is 43.2 Å². The molecule has 0 fully saturated rings. The van der Waals surface area contributed by atoms with Crippen LogP contribution in [0.25, 0.3) is 0 Å². The third-order valence-electron chi connectivity index (χ3n) is 4.99. The van der Waals surface area contributed by atoms with Gasteiger partial charge in [-0.2, -0.15) is 0 Å². The summed E-state index contributed by atoms with van der Waals surface area (Å²) in [6.45, 7) is 5.40. The average Bonchev–Trinajstić information content (AvgIpc) is 3.26. The Labute approximate surface area is 191 Å². The maximum atomic E-state index is 12.6. The molecule has 7 nitrogen and oxygen atoms in total. The summed E-state index contributed by atoms with van der Waals surface area (Å²) in [5.74, 6) is 0.414. The molecular formula is C24H26N2O5S. The fraction of sp³-hybridized carbons (Fsp3) is 0.292. The molecule has 2 aromatic carbocycles. The molecule has 0 atom stereocenters. The molecule has 1 aromatic heterocycles. The van der Waals surface area contributed by atoms with Crippen LogP contribution in [-0.2, 0) is 22.6 Å². The zero-order valence-electron chi connectivity index (χ0n) is 18.8. The number of nitrogens with zero attached hydrogens (tertiary/aromatic N) is 2. The minimum absolute atomic E-state index is 0.0195. The van der Waals surface area contributed by atoms with Crippen LogP contribution in [0.2, 0.25) is 0 Å². The predicted octanol–water partition coefficient (Wildman–Crippen LogP) is 5.07. The topological polar surface area (TPSA) is 78.0 Å². The van der Waals surface area contributed by atoms with E-state index in [1.165, 1.54) is 38.0 Å². The molecule has 1 heterocycles. The van der Waals surface area contributed by atoms with Crippen molar-refractivity contribution >= 4 is 34.0 Å². The number of ether oxygens (including phenoxy) is 3. The van der Waals surface area contributed by atoms with Crippen molar-refractivity contribution < 1.29 is 23.8 Å². The number of carbonyl (C=O) groups excluding carboxylic acids is 2. The Hall–Kier alpha value is -3.39. The molecule has 0 aliphatic rings. The van der Waals surface area contributed by atoms with Gasteiger partial charge in [-0.1, -0.05) is 19.1 Å². The quantitative estimate of drug-likeness (QED) is 0.442. The Morgan fingerprint density at radius 3 is 2.22 bits per heavy atom. The van der Waals surface area contributed by atoms with Crippen LogP contribution in [0.4, 0.5) is 10.8 Å². The number of hydrogen-bond acceptors (Lipinski definition) is 7. The first-order valence-electron chi connectivity index (χ1n) is 10.1. The van der Waals surface area contributed by atoms with Crippen molar-refractivity contribution in [3.63, 3.8) is 0 Å². The minimum Gasteiger partial charge on any atom is -0.496 e. The molecule has 0 N–H and O–H groups in total. The zero-order valence-corrected chi connectivity index (χ0v) is 19.6. The summed E-state index contributed by atoms with van der Waals surface area (Å²) in [5.41, 5.74) is 3.61. The molecule has 0 radical (unpaired) electrons. The lowest BCUT2D eigenvalue weighted by atomic mass is 10.1. The number of hydrogen-bond donors (Lipinski definition) is 0. The van der Waals surface area contributed by atoms with Crippen LogP contribution in [0.15, 0.2) is 41.8 Å². The van der Waals surface area contributed by atoms with Crippen LogP contribution < -0.4 is 14.4 Å². The Morgan fingerprint density at radius 2 is 1.69 bits per heavy atom. The van der Waals surface area contributed by atoms with Crippen LogP contribution in [0, 0.1) is 6.92 Å². The largest absolute Gasteiger partial charge is 0.496 e. The molecule has 0 spiro atoms. The van der Waals surface area contributed by atoms with Crippen LogP contribution in [0.5, 0.6) is 11.5 Å². The number of aryl methyl sites for hydroxylation is 1. The standard InChI is InChI=1S/C24H26N2O5S/c1-6-17-7-9-20(10-8-17)26(16(3)27)24-25-19(14-32-24)13-31-23(28)18-11-21(29-4)15(2)22(12-18)30-5/h7-12,14H,6,13H2,1-5H3. The number of amides is 1. The van der Waals surface area contributed by atoms with Crippen molar-refractivity contribution in [1.29, 1.82) is 0 Å². The molecule has 168 valence electrons. The van der Waals surface area contributed by atoms with Gasteiger partial charge in [-0.25, -0.2) is 9.78 Å². The van der Waals surface area contributed by atoms with Gasteiger partial charge in [0.2, 0.25) is 5.91 Å². The van der Waals surface area contributed by atoms with Crippen molar-refractivity contribution in [3.8, 4) is 11.5 Å². The third-order valence-corrected chi connectivity index (χ3v) is 5.86. The summed E-state index contributed by atoms with van der Waals surface area (Å²) in [6, 6.07) is 11.0. The van der Waals surface area contributed by atoms with E-state index in [9.17, 15) is 9.59 Å². The second-order valence-corrected chi connectivity index (χ2v) is 7.91. The molecular weight excluding hydrogens is 428 g/mol. The highest BCUT2D eigenvalue weighted by Crippen LogP contribution is 2.31. The Bertz CT molecular complexity index is 1080. The molecule has 1 amide bonds. The summed E-state index contributed by atoms with van der Waals surface area (Å²) < 4.78 is 16.1. The number of carbonyl (C=O) groups is 2.